The van der Waals surface area contributed by atoms with Gasteiger partial charge < -0.3 is 15.2 Å². The summed E-state index contributed by atoms with van der Waals surface area (Å²) in [4.78, 5) is 16.3. The van der Waals surface area contributed by atoms with Crippen molar-refractivity contribution in [3.8, 4) is 11.5 Å². The molecule has 1 amide bonds. The topological polar surface area (TPSA) is 71.5 Å². The molecule has 1 aromatic carbocycles. The first-order chi connectivity index (χ1) is 11.9. The molecule has 0 fully saturated rings. The number of hydrogen-bond acceptors (Lipinski definition) is 4. The van der Waals surface area contributed by atoms with Gasteiger partial charge in [0.25, 0.3) is 5.91 Å². The maximum atomic E-state index is 12.3. The second-order valence-electron chi connectivity index (χ2n) is 6.95. The molecule has 0 radical (unpaired) electrons. The van der Waals surface area contributed by atoms with Crippen LogP contribution in [-0.4, -0.2) is 29.1 Å². The van der Waals surface area contributed by atoms with Gasteiger partial charge in [-0.1, -0.05) is 19.9 Å². The van der Waals surface area contributed by atoms with Gasteiger partial charge in [0.05, 0.1) is 0 Å². The van der Waals surface area contributed by atoms with Gasteiger partial charge in [0, 0.05) is 31.1 Å². The number of nitrogens with one attached hydrogen (secondary N) is 1. The molecule has 0 bridgehead atoms. The van der Waals surface area contributed by atoms with E-state index in [4.69, 9.17) is 4.74 Å². The van der Waals surface area contributed by atoms with Gasteiger partial charge in [-0.05, 0) is 55.0 Å². The van der Waals surface area contributed by atoms with Crippen LogP contribution >= 0.6 is 0 Å². The van der Waals surface area contributed by atoms with Gasteiger partial charge in [-0.3, -0.25) is 9.78 Å². The number of aliphatic hydroxyl groups is 1. The summed E-state index contributed by atoms with van der Waals surface area (Å²) >= 11 is 0. The van der Waals surface area contributed by atoms with E-state index in [0.29, 0.717) is 23.6 Å². The second-order valence-corrected chi connectivity index (χ2v) is 6.95. The van der Waals surface area contributed by atoms with Gasteiger partial charge in [-0.15, -0.1) is 0 Å². The van der Waals surface area contributed by atoms with E-state index in [-0.39, 0.29) is 17.9 Å². The average molecular weight is 342 g/mol. The van der Waals surface area contributed by atoms with Crippen molar-refractivity contribution in [3.63, 3.8) is 0 Å². The zero-order chi connectivity index (χ0) is 18.3. The third kappa shape index (κ3) is 5.87. The van der Waals surface area contributed by atoms with E-state index in [1.807, 2.05) is 26.8 Å². The van der Waals surface area contributed by atoms with Crippen molar-refractivity contribution in [2.75, 3.05) is 13.2 Å². The van der Waals surface area contributed by atoms with Crippen molar-refractivity contribution >= 4 is 5.91 Å². The first-order valence-electron chi connectivity index (χ1n) is 8.49. The number of aryl methyl sites for hydroxylation is 1. The monoisotopic (exact) mass is 342 g/mol. The maximum absolute atomic E-state index is 12.3. The number of aliphatic hydroxyl groups excluding tert-OH is 1. The lowest BCUT2D eigenvalue weighted by Crippen LogP contribution is -2.26. The molecule has 0 aliphatic rings. The predicted octanol–water partition coefficient (Wildman–Crippen LogP) is 3.71. The van der Waals surface area contributed by atoms with Crippen LogP contribution in [0, 0.1) is 12.3 Å². The lowest BCUT2D eigenvalue weighted by Gasteiger charge is -2.21. The van der Waals surface area contributed by atoms with Crippen LogP contribution in [0.25, 0.3) is 0 Å². The van der Waals surface area contributed by atoms with E-state index in [9.17, 15) is 9.90 Å². The van der Waals surface area contributed by atoms with E-state index in [1.165, 1.54) is 0 Å². The van der Waals surface area contributed by atoms with Crippen LogP contribution in [0.5, 0.6) is 11.5 Å². The van der Waals surface area contributed by atoms with Crippen LogP contribution in [-0.2, 0) is 0 Å². The molecule has 1 aromatic heterocycles. The number of aromatic nitrogens is 1. The highest BCUT2D eigenvalue weighted by atomic mass is 16.5. The van der Waals surface area contributed by atoms with E-state index in [1.54, 1.807) is 36.7 Å². The second kappa shape index (κ2) is 8.62. The summed E-state index contributed by atoms with van der Waals surface area (Å²) in [6, 6.07) is 8.97. The molecule has 2 aromatic rings. The van der Waals surface area contributed by atoms with Crippen molar-refractivity contribution in [1.82, 2.24) is 10.3 Å². The molecular weight excluding hydrogens is 316 g/mol. The Morgan fingerprint density at radius 2 is 1.96 bits per heavy atom. The third-order valence-electron chi connectivity index (χ3n) is 4.07. The summed E-state index contributed by atoms with van der Waals surface area (Å²) in [7, 11) is 0. The molecule has 0 atom stereocenters. The fraction of sp³-hybridized carbons (Fsp3) is 0.400. The maximum Gasteiger partial charge on any atom is 0.251 e. The molecule has 2 rings (SSSR count). The first-order valence-corrected chi connectivity index (χ1v) is 8.49. The highest BCUT2D eigenvalue weighted by Crippen LogP contribution is 2.25. The zero-order valence-corrected chi connectivity index (χ0v) is 15.1. The number of pyridine rings is 1. The van der Waals surface area contributed by atoms with Gasteiger partial charge in [0.2, 0.25) is 0 Å². The van der Waals surface area contributed by atoms with Gasteiger partial charge in [-0.2, -0.15) is 0 Å². The van der Waals surface area contributed by atoms with E-state index in [2.05, 4.69) is 10.3 Å². The van der Waals surface area contributed by atoms with Gasteiger partial charge in [-0.25, -0.2) is 0 Å². The van der Waals surface area contributed by atoms with Crippen LogP contribution in [0.3, 0.4) is 0 Å². The molecule has 2 N–H and O–H groups in total. The summed E-state index contributed by atoms with van der Waals surface area (Å²) in [5.74, 6) is 1.21. The van der Waals surface area contributed by atoms with E-state index < -0.39 is 0 Å². The largest absolute Gasteiger partial charge is 0.457 e. The first kappa shape index (κ1) is 18.9. The van der Waals surface area contributed by atoms with Crippen molar-refractivity contribution in [3.05, 3.63) is 53.9 Å². The number of ether oxygens (including phenoxy) is 1. The van der Waals surface area contributed by atoms with Crippen molar-refractivity contribution in [2.45, 2.75) is 33.6 Å². The molecule has 5 heteroatoms. The number of benzene rings is 1. The SMILES string of the molecule is Cc1ccc(C(=O)NCCCC(C)(C)CO)cc1Oc1ccncc1. The lowest BCUT2D eigenvalue weighted by atomic mass is 9.89. The molecule has 5 nitrogen and oxygen atoms in total. The third-order valence-corrected chi connectivity index (χ3v) is 4.07. The Bertz CT molecular complexity index is 699. The zero-order valence-electron chi connectivity index (χ0n) is 15.1. The van der Waals surface area contributed by atoms with Crippen LogP contribution in [0.4, 0.5) is 0 Å². The molecule has 0 spiro atoms. The molecule has 0 aliphatic heterocycles. The van der Waals surface area contributed by atoms with Crippen LogP contribution < -0.4 is 10.1 Å². The minimum absolute atomic E-state index is 0.111. The fourth-order valence-corrected chi connectivity index (χ4v) is 2.33. The standard InChI is InChI=1S/C20H26N2O3/c1-15-5-6-16(13-18(15)25-17-7-11-21-12-8-17)19(24)22-10-4-9-20(2,3)14-23/h5-8,11-13,23H,4,9-10,14H2,1-3H3,(H,22,24). The fourth-order valence-electron chi connectivity index (χ4n) is 2.33. The summed E-state index contributed by atoms with van der Waals surface area (Å²) in [5, 5.41) is 12.2. The summed E-state index contributed by atoms with van der Waals surface area (Å²) in [6.45, 7) is 6.69. The Morgan fingerprint density at radius 3 is 2.64 bits per heavy atom. The van der Waals surface area contributed by atoms with Crippen LogP contribution in [0.2, 0.25) is 0 Å². The Labute approximate surface area is 149 Å². The Kier molecular flexibility index (Phi) is 6.53. The van der Waals surface area contributed by atoms with E-state index >= 15 is 0 Å². The summed E-state index contributed by atoms with van der Waals surface area (Å²) in [5.41, 5.74) is 1.41. The minimum atomic E-state index is -0.124. The molecular formula is C20H26N2O3. The van der Waals surface area contributed by atoms with Crippen LogP contribution in [0.15, 0.2) is 42.7 Å². The minimum Gasteiger partial charge on any atom is -0.457 e. The predicted molar refractivity (Wildman–Crippen MR) is 97.9 cm³/mol. The Hall–Kier alpha value is -2.40. The lowest BCUT2D eigenvalue weighted by molar-refractivity contribution is 0.0948. The average Bonchev–Trinajstić information content (AvgIpc) is 2.61. The quantitative estimate of drug-likeness (QED) is 0.717. The molecule has 25 heavy (non-hydrogen) atoms. The highest BCUT2D eigenvalue weighted by molar-refractivity contribution is 5.94. The Balaban J connectivity index is 1.95. The summed E-state index contributed by atoms with van der Waals surface area (Å²) in [6.07, 6.45) is 5.00. The molecule has 0 saturated carbocycles. The highest BCUT2D eigenvalue weighted by Gasteiger charge is 2.16. The number of nitrogens with zero attached hydrogens (tertiary/aromatic N) is 1. The number of amides is 1. The normalized spacial score (nSPS) is 11.2. The number of hydrogen-bond donors (Lipinski definition) is 2. The number of carbonyl (C=O) groups excluding carboxylic acids is 1. The van der Waals surface area contributed by atoms with Gasteiger partial charge >= 0.3 is 0 Å². The molecule has 0 saturated heterocycles. The number of carbonyl (C=O) groups is 1. The van der Waals surface area contributed by atoms with Crippen molar-refractivity contribution in [1.29, 1.82) is 0 Å². The van der Waals surface area contributed by atoms with E-state index in [0.717, 1.165) is 18.4 Å². The smallest absolute Gasteiger partial charge is 0.251 e. The van der Waals surface area contributed by atoms with Gasteiger partial charge in [0.15, 0.2) is 0 Å². The van der Waals surface area contributed by atoms with Crippen molar-refractivity contribution < 1.29 is 14.6 Å². The molecule has 0 aliphatic carbocycles. The Morgan fingerprint density at radius 1 is 1.24 bits per heavy atom. The molecule has 0 unspecified atom stereocenters. The van der Waals surface area contributed by atoms with Crippen LogP contribution in [0.1, 0.15) is 42.6 Å². The molecule has 134 valence electrons. The molecule has 1 heterocycles. The van der Waals surface area contributed by atoms with Crippen molar-refractivity contribution in [2.24, 2.45) is 5.41 Å². The number of rotatable bonds is 8. The van der Waals surface area contributed by atoms with Gasteiger partial charge in [0.1, 0.15) is 11.5 Å². The summed E-state index contributed by atoms with van der Waals surface area (Å²) < 4.78 is 5.84.